The lowest BCUT2D eigenvalue weighted by Gasteiger charge is -2.39. The van der Waals surface area contributed by atoms with Gasteiger partial charge in [0.1, 0.15) is 0 Å². The van der Waals surface area contributed by atoms with Crippen molar-refractivity contribution in [2.75, 3.05) is 32.7 Å². The Kier molecular flexibility index (Phi) is 6.05. The summed E-state index contributed by atoms with van der Waals surface area (Å²) >= 11 is 0. The van der Waals surface area contributed by atoms with Crippen molar-refractivity contribution >= 4 is 15.7 Å². The first-order chi connectivity index (χ1) is 15.9. The zero-order chi connectivity index (χ0) is 23.0. The van der Waals surface area contributed by atoms with Gasteiger partial charge in [0, 0.05) is 44.0 Å². The number of carbonyl (C=O) groups is 1. The molecule has 2 aromatic rings. The van der Waals surface area contributed by atoms with Crippen molar-refractivity contribution in [2.24, 2.45) is 5.92 Å². The zero-order valence-electron chi connectivity index (χ0n) is 18.9. The summed E-state index contributed by atoms with van der Waals surface area (Å²) < 4.78 is 35.1. The van der Waals surface area contributed by atoms with Gasteiger partial charge in [-0.3, -0.25) is 9.69 Å². The molecule has 0 N–H and O–H groups in total. The fourth-order valence-electron chi connectivity index (χ4n) is 4.80. The van der Waals surface area contributed by atoms with Crippen molar-refractivity contribution in [3.63, 3.8) is 0 Å². The van der Waals surface area contributed by atoms with Gasteiger partial charge in [0.2, 0.25) is 6.79 Å². The molecule has 0 bridgehead atoms. The number of ether oxygens (including phenoxy) is 2. The van der Waals surface area contributed by atoms with Crippen molar-refractivity contribution in [1.82, 2.24) is 9.80 Å². The van der Waals surface area contributed by atoms with Crippen LogP contribution in [0.5, 0.6) is 11.5 Å². The summed E-state index contributed by atoms with van der Waals surface area (Å²) in [4.78, 5) is 18.2. The maximum absolute atomic E-state index is 13.5. The third-order valence-corrected chi connectivity index (χ3v) is 7.99. The summed E-state index contributed by atoms with van der Waals surface area (Å²) in [5.74, 6) is 1.97. The van der Waals surface area contributed by atoms with Gasteiger partial charge in [-0.25, -0.2) is 8.42 Å². The van der Waals surface area contributed by atoms with E-state index in [-0.39, 0.29) is 18.7 Å². The number of benzene rings is 2. The molecule has 1 saturated heterocycles. The van der Waals surface area contributed by atoms with Crippen molar-refractivity contribution in [3.8, 4) is 11.5 Å². The third-order valence-electron chi connectivity index (χ3n) is 6.80. The van der Waals surface area contributed by atoms with Crippen molar-refractivity contribution in [2.45, 2.75) is 43.2 Å². The Bertz CT molecular complexity index is 1140. The van der Waals surface area contributed by atoms with E-state index in [2.05, 4.69) is 9.80 Å². The van der Waals surface area contributed by atoms with Crippen molar-refractivity contribution in [1.29, 1.82) is 0 Å². The number of hydrogen-bond acceptors (Lipinski definition) is 6. The fourth-order valence-corrected chi connectivity index (χ4v) is 5.73. The van der Waals surface area contributed by atoms with Crippen molar-refractivity contribution < 1.29 is 22.7 Å². The van der Waals surface area contributed by atoms with Crippen LogP contribution in [0.3, 0.4) is 0 Å². The molecule has 0 spiro atoms. The van der Waals surface area contributed by atoms with Crippen molar-refractivity contribution in [3.05, 3.63) is 53.6 Å². The molecule has 0 atom stereocenters. The SMILES string of the molecule is CS(=O)(=O)c1ccccc1CN1CCC(N(CC2CC2)C(=O)c2ccc3c(c2)OCO3)CC1. The Hall–Kier alpha value is -2.58. The lowest BCUT2D eigenvalue weighted by atomic mass is 10.0. The molecule has 3 aliphatic rings. The lowest BCUT2D eigenvalue weighted by Crippen LogP contribution is -2.48. The minimum atomic E-state index is -3.26. The second kappa shape index (κ2) is 8.99. The minimum absolute atomic E-state index is 0.0565. The van der Waals surface area contributed by atoms with Crippen LogP contribution in [0.4, 0.5) is 0 Å². The number of likely N-dealkylation sites (tertiary alicyclic amines) is 1. The molecule has 1 amide bonds. The molecule has 5 rings (SSSR count). The lowest BCUT2D eigenvalue weighted by molar-refractivity contribution is 0.0551. The number of amides is 1. The van der Waals surface area contributed by atoms with Crippen LogP contribution >= 0.6 is 0 Å². The number of sulfone groups is 1. The summed E-state index contributed by atoms with van der Waals surface area (Å²) in [6.45, 7) is 3.26. The smallest absolute Gasteiger partial charge is 0.254 e. The molecule has 2 heterocycles. The summed E-state index contributed by atoms with van der Waals surface area (Å²) in [7, 11) is -3.26. The predicted octanol–water partition coefficient (Wildman–Crippen LogP) is 3.34. The highest BCUT2D eigenvalue weighted by Crippen LogP contribution is 2.35. The molecule has 0 radical (unpaired) electrons. The van der Waals surface area contributed by atoms with Gasteiger partial charge in [-0.2, -0.15) is 0 Å². The highest BCUT2D eigenvalue weighted by atomic mass is 32.2. The molecule has 33 heavy (non-hydrogen) atoms. The topological polar surface area (TPSA) is 76.2 Å². The summed E-state index contributed by atoms with van der Waals surface area (Å²) in [5.41, 5.74) is 1.48. The molecule has 1 aliphatic carbocycles. The van der Waals surface area contributed by atoms with Crippen LogP contribution in [0.1, 0.15) is 41.6 Å². The van der Waals surface area contributed by atoms with E-state index in [1.54, 1.807) is 18.2 Å². The largest absolute Gasteiger partial charge is 0.454 e. The maximum atomic E-state index is 13.5. The first kappa shape index (κ1) is 22.2. The number of nitrogens with zero attached hydrogens (tertiary/aromatic N) is 2. The molecule has 2 aromatic carbocycles. The number of carbonyl (C=O) groups excluding carboxylic acids is 1. The van der Waals surface area contributed by atoms with Gasteiger partial charge < -0.3 is 14.4 Å². The van der Waals surface area contributed by atoms with Gasteiger partial charge in [-0.05, 0) is 61.4 Å². The maximum Gasteiger partial charge on any atom is 0.254 e. The summed E-state index contributed by atoms with van der Waals surface area (Å²) in [6, 6.07) is 12.8. The first-order valence-corrected chi connectivity index (χ1v) is 13.5. The zero-order valence-corrected chi connectivity index (χ0v) is 19.7. The van der Waals surface area contributed by atoms with Gasteiger partial charge in [0.05, 0.1) is 4.90 Å². The molecule has 2 aliphatic heterocycles. The van der Waals surface area contributed by atoms with Crippen LogP contribution < -0.4 is 9.47 Å². The molecule has 7 nitrogen and oxygen atoms in total. The van der Waals surface area contributed by atoms with E-state index in [1.807, 2.05) is 24.3 Å². The van der Waals surface area contributed by atoms with E-state index in [0.29, 0.717) is 34.4 Å². The molecule has 2 fully saturated rings. The van der Waals surface area contributed by atoms with E-state index in [4.69, 9.17) is 9.47 Å². The van der Waals surface area contributed by atoms with E-state index in [9.17, 15) is 13.2 Å². The van der Waals surface area contributed by atoms with Crippen LogP contribution in [0, 0.1) is 5.92 Å². The monoisotopic (exact) mass is 470 g/mol. The van der Waals surface area contributed by atoms with Crippen LogP contribution in [0.25, 0.3) is 0 Å². The quantitative estimate of drug-likeness (QED) is 0.618. The Morgan fingerprint density at radius 3 is 2.48 bits per heavy atom. The molecule has 8 heteroatoms. The highest BCUT2D eigenvalue weighted by molar-refractivity contribution is 7.90. The van der Waals surface area contributed by atoms with Gasteiger partial charge >= 0.3 is 0 Å². The second-order valence-electron chi connectivity index (χ2n) is 9.36. The third kappa shape index (κ3) is 5.01. The normalized spacial score (nSPS) is 18.9. The highest BCUT2D eigenvalue weighted by Gasteiger charge is 2.34. The minimum Gasteiger partial charge on any atom is -0.454 e. The average Bonchev–Trinajstić information content (AvgIpc) is 3.50. The van der Waals surface area contributed by atoms with Crippen LogP contribution in [0.15, 0.2) is 47.4 Å². The Morgan fingerprint density at radius 1 is 1.03 bits per heavy atom. The Labute approximate surface area is 195 Å². The second-order valence-corrected chi connectivity index (χ2v) is 11.3. The number of piperidine rings is 1. The van der Waals surface area contributed by atoms with E-state index in [1.165, 1.54) is 19.1 Å². The first-order valence-electron chi connectivity index (χ1n) is 11.6. The summed E-state index contributed by atoms with van der Waals surface area (Å²) in [5, 5.41) is 0. The van der Waals surface area contributed by atoms with Crippen LogP contribution in [-0.2, 0) is 16.4 Å². The van der Waals surface area contributed by atoms with Gasteiger partial charge in [-0.1, -0.05) is 18.2 Å². The predicted molar refractivity (Wildman–Crippen MR) is 124 cm³/mol. The van der Waals surface area contributed by atoms with Gasteiger partial charge in [-0.15, -0.1) is 0 Å². The molecule has 0 aromatic heterocycles. The Balaban J connectivity index is 1.27. The van der Waals surface area contributed by atoms with Gasteiger partial charge in [0.25, 0.3) is 5.91 Å². The standard InChI is InChI=1S/C25H30N2O5S/c1-33(29,30)24-5-3-2-4-20(24)16-26-12-10-21(11-13-26)27(15-18-6-7-18)25(28)19-8-9-22-23(14-19)32-17-31-22/h2-5,8-9,14,18,21H,6-7,10-13,15-17H2,1H3. The van der Waals surface area contributed by atoms with E-state index < -0.39 is 9.84 Å². The summed E-state index contributed by atoms with van der Waals surface area (Å²) in [6.07, 6.45) is 5.39. The Morgan fingerprint density at radius 2 is 1.76 bits per heavy atom. The number of rotatable bonds is 7. The molecule has 1 saturated carbocycles. The molecular weight excluding hydrogens is 440 g/mol. The average molecular weight is 471 g/mol. The molecule has 0 unspecified atom stereocenters. The van der Waals surface area contributed by atoms with E-state index >= 15 is 0 Å². The number of fused-ring (bicyclic) bond motifs is 1. The molecular formula is C25H30N2O5S. The van der Waals surface area contributed by atoms with Crippen LogP contribution in [-0.4, -0.2) is 62.8 Å². The number of hydrogen-bond donors (Lipinski definition) is 0. The molecule has 176 valence electrons. The van der Waals surface area contributed by atoms with Crippen LogP contribution in [0.2, 0.25) is 0 Å². The van der Waals surface area contributed by atoms with E-state index in [0.717, 1.165) is 38.0 Å². The fraction of sp³-hybridized carbons (Fsp3) is 0.480. The van der Waals surface area contributed by atoms with Gasteiger partial charge in [0.15, 0.2) is 21.3 Å².